The number of hydrogen-bond acceptors (Lipinski definition) is 2. The fraction of sp³-hybridized carbons (Fsp3) is 0.533. The van der Waals surface area contributed by atoms with Crippen LogP contribution in [0.5, 0.6) is 0 Å². The molecule has 1 aliphatic heterocycles. The van der Waals surface area contributed by atoms with E-state index in [0.717, 1.165) is 5.56 Å². The van der Waals surface area contributed by atoms with Crippen molar-refractivity contribution in [1.82, 2.24) is 10.6 Å². The normalized spacial score (nSPS) is 21.1. The molecule has 0 bridgehead atoms. The molecule has 2 rings (SSSR count). The molecular weight excluding hydrogens is 262 g/mol. The molecule has 20 heavy (non-hydrogen) atoms. The van der Waals surface area contributed by atoms with Crippen molar-refractivity contribution in [3.05, 3.63) is 35.4 Å². The molecule has 1 aromatic carbocycles. The molecule has 110 valence electrons. The maximum atomic E-state index is 13.0. The van der Waals surface area contributed by atoms with Gasteiger partial charge in [0.15, 0.2) is 0 Å². The van der Waals surface area contributed by atoms with Gasteiger partial charge in [0, 0.05) is 13.0 Å². The summed E-state index contributed by atoms with van der Waals surface area (Å²) in [6.07, 6.45) is -0.425. The number of amides is 1. The van der Waals surface area contributed by atoms with E-state index >= 15 is 0 Å². The Morgan fingerprint density at radius 1 is 1.40 bits per heavy atom. The molecule has 0 spiro atoms. The Labute approximate surface area is 117 Å². The minimum atomic E-state index is -2.78. The lowest BCUT2D eigenvalue weighted by Crippen LogP contribution is -2.40. The number of carbonyl (C=O) groups excluding carboxylic acids is 1. The molecule has 1 atom stereocenters. The van der Waals surface area contributed by atoms with E-state index in [9.17, 15) is 13.6 Å². The molecule has 0 aromatic heterocycles. The molecule has 0 aliphatic carbocycles. The first-order valence-corrected chi connectivity index (χ1v) is 6.85. The summed E-state index contributed by atoms with van der Waals surface area (Å²) in [7, 11) is 0. The number of carbonyl (C=O) groups is 1. The average molecular weight is 282 g/mol. The van der Waals surface area contributed by atoms with Crippen LogP contribution in [0.4, 0.5) is 8.78 Å². The molecule has 1 aliphatic rings. The van der Waals surface area contributed by atoms with Gasteiger partial charge in [-0.2, -0.15) is 0 Å². The molecule has 3 nitrogen and oxygen atoms in total. The number of benzene rings is 1. The Morgan fingerprint density at radius 3 is 2.55 bits per heavy atom. The Morgan fingerprint density at radius 2 is 2.05 bits per heavy atom. The zero-order chi connectivity index (χ0) is 14.8. The van der Waals surface area contributed by atoms with Crippen molar-refractivity contribution in [2.24, 2.45) is 0 Å². The second-order valence-electron chi connectivity index (χ2n) is 5.61. The molecule has 2 N–H and O–H groups in total. The number of hydrogen-bond donors (Lipinski definition) is 2. The monoisotopic (exact) mass is 282 g/mol. The highest BCUT2D eigenvalue weighted by Crippen LogP contribution is 2.25. The number of halogens is 2. The van der Waals surface area contributed by atoms with Crippen molar-refractivity contribution in [3.63, 3.8) is 0 Å². The summed E-state index contributed by atoms with van der Waals surface area (Å²) in [5.41, 5.74) is 2.20. The predicted octanol–water partition coefficient (Wildman–Crippen LogP) is 2.42. The lowest BCUT2D eigenvalue weighted by molar-refractivity contribution is -0.123. The summed E-state index contributed by atoms with van der Waals surface area (Å²) >= 11 is 0. The van der Waals surface area contributed by atoms with E-state index in [2.05, 4.69) is 24.5 Å². The third-order valence-corrected chi connectivity index (χ3v) is 3.54. The lowest BCUT2D eigenvalue weighted by atomic mass is 10.0. The van der Waals surface area contributed by atoms with E-state index in [1.54, 1.807) is 0 Å². The largest absolute Gasteiger partial charge is 0.351 e. The van der Waals surface area contributed by atoms with Gasteiger partial charge in [0.25, 0.3) is 5.92 Å². The van der Waals surface area contributed by atoms with Crippen LogP contribution in [-0.4, -0.2) is 24.4 Å². The lowest BCUT2D eigenvalue weighted by Gasteiger charge is -2.12. The molecule has 1 heterocycles. The Kier molecular flexibility index (Phi) is 4.38. The number of rotatable bonds is 4. The van der Waals surface area contributed by atoms with E-state index in [4.69, 9.17) is 0 Å². The first-order valence-electron chi connectivity index (χ1n) is 6.85. The van der Waals surface area contributed by atoms with E-state index < -0.39 is 24.9 Å². The van der Waals surface area contributed by atoms with Crippen molar-refractivity contribution in [2.75, 3.05) is 6.54 Å². The smallest absolute Gasteiger partial charge is 0.262 e. The van der Waals surface area contributed by atoms with Gasteiger partial charge in [0.1, 0.15) is 0 Å². The maximum absolute atomic E-state index is 13.0. The van der Waals surface area contributed by atoms with Crippen LogP contribution >= 0.6 is 0 Å². The van der Waals surface area contributed by atoms with E-state index in [1.807, 2.05) is 24.3 Å². The topological polar surface area (TPSA) is 41.1 Å². The van der Waals surface area contributed by atoms with Crippen LogP contribution < -0.4 is 10.6 Å². The van der Waals surface area contributed by atoms with Crippen molar-refractivity contribution < 1.29 is 13.6 Å². The van der Waals surface area contributed by atoms with Gasteiger partial charge in [0.2, 0.25) is 5.91 Å². The third kappa shape index (κ3) is 3.76. The van der Waals surface area contributed by atoms with E-state index in [-0.39, 0.29) is 5.91 Å². The van der Waals surface area contributed by atoms with Crippen LogP contribution in [0.1, 0.15) is 37.3 Å². The quantitative estimate of drug-likeness (QED) is 0.890. The minimum Gasteiger partial charge on any atom is -0.351 e. The van der Waals surface area contributed by atoms with Crippen LogP contribution in [0.2, 0.25) is 0 Å². The van der Waals surface area contributed by atoms with Crippen LogP contribution in [0.25, 0.3) is 0 Å². The Balaban J connectivity index is 1.84. The van der Waals surface area contributed by atoms with Crippen molar-refractivity contribution in [2.45, 2.75) is 44.7 Å². The van der Waals surface area contributed by atoms with Gasteiger partial charge in [-0.05, 0) is 17.0 Å². The van der Waals surface area contributed by atoms with Crippen LogP contribution in [-0.2, 0) is 11.3 Å². The summed E-state index contributed by atoms with van der Waals surface area (Å²) in [4.78, 5) is 11.8. The molecule has 1 unspecified atom stereocenters. The summed E-state index contributed by atoms with van der Waals surface area (Å²) < 4.78 is 26.0. The number of nitrogens with one attached hydrogen (secondary N) is 2. The highest BCUT2D eigenvalue weighted by Gasteiger charge is 2.42. The van der Waals surface area contributed by atoms with Gasteiger partial charge in [-0.15, -0.1) is 0 Å². The molecule has 1 amide bonds. The van der Waals surface area contributed by atoms with Crippen molar-refractivity contribution in [3.8, 4) is 0 Å². The fourth-order valence-corrected chi connectivity index (χ4v) is 2.23. The van der Waals surface area contributed by atoms with Crippen LogP contribution in [0.15, 0.2) is 24.3 Å². The maximum Gasteiger partial charge on any atom is 0.262 e. The molecular formula is C15H20F2N2O. The zero-order valence-electron chi connectivity index (χ0n) is 11.7. The van der Waals surface area contributed by atoms with Gasteiger partial charge >= 0.3 is 0 Å². The van der Waals surface area contributed by atoms with Gasteiger partial charge in [-0.3, -0.25) is 10.1 Å². The molecule has 0 saturated carbocycles. The second-order valence-corrected chi connectivity index (χ2v) is 5.61. The average Bonchev–Trinajstić information content (AvgIpc) is 2.77. The molecule has 1 aromatic rings. The van der Waals surface area contributed by atoms with Crippen LogP contribution in [0, 0.1) is 0 Å². The van der Waals surface area contributed by atoms with Gasteiger partial charge in [-0.1, -0.05) is 38.1 Å². The van der Waals surface area contributed by atoms with Crippen LogP contribution in [0.3, 0.4) is 0 Å². The first-order chi connectivity index (χ1) is 9.37. The predicted molar refractivity (Wildman–Crippen MR) is 73.7 cm³/mol. The third-order valence-electron chi connectivity index (χ3n) is 3.54. The Hall–Kier alpha value is -1.49. The zero-order valence-corrected chi connectivity index (χ0v) is 11.7. The molecule has 5 heteroatoms. The van der Waals surface area contributed by atoms with E-state index in [0.29, 0.717) is 12.5 Å². The summed E-state index contributed by atoms with van der Waals surface area (Å²) in [5.74, 6) is -2.68. The van der Waals surface area contributed by atoms with Crippen molar-refractivity contribution in [1.29, 1.82) is 0 Å². The highest BCUT2D eigenvalue weighted by atomic mass is 19.3. The highest BCUT2D eigenvalue weighted by molar-refractivity contribution is 5.82. The molecule has 0 radical (unpaired) electrons. The van der Waals surface area contributed by atoms with Crippen molar-refractivity contribution >= 4 is 5.91 Å². The molecule has 1 saturated heterocycles. The number of alkyl halides is 2. The summed E-state index contributed by atoms with van der Waals surface area (Å²) in [6, 6.07) is 7.15. The standard InChI is InChI=1S/C15H20F2N2O/c1-10(2)12-5-3-11(4-6-12)8-18-14(20)13-7-15(16,17)9-19-13/h3-6,10,13,19H,7-9H2,1-2H3,(H,18,20). The molecule has 1 fully saturated rings. The second kappa shape index (κ2) is 5.87. The Bertz CT molecular complexity index is 471. The first kappa shape index (κ1) is 14.9. The van der Waals surface area contributed by atoms with Gasteiger partial charge in [0.05, 0.1) is 12.6 Å². The van der Waals surface area contributed by atoms with Gasteiger partial charge < -0.3 is 5.32 Å². The fourth-order valence-electron chi connectivity index (χ4n) is 2.23. The SMILES string of the molecule is CC(C)c1ccc(CNC(=O)C2CC(F)(F)CN2)cc1. The summed E-state index contributed by atoms with van der Waals surface area (Å²) in [5, 5.41) is 5.24. The minimum absolute atomic E-state index is 0.362. The summed E-state index contributed by atoms with van der Waals surface area (Å²) in [6.45, 7) is 4.17. The van der Waals surface area contributed by atoms with Gasteiger partial charge in [-0.25, -0.2) is 8.78 Å². The van der Waals surface area contributed by atoms with E-state index in [1.165, 1.54) is 5.56 Å².